The van der Waals surface area contributed by atoms with Gasteiger partial charge < -0.3 is 10.4 Å². The number of nitrogens with one attached hydrogen (secondary N) is 1. The molecule has 0 unspecified atom stereocenters. The van der Waals surface area contributed by atoms with Crippen LogP contribution in [0, 0.1) is 6.92 Å². The summed E-state index contributed by atoms with van der Waals surface area (Å²) in [6.07, 6.45) is 9.70. The Labute approximate surface area is 171 Å². The molecule has 2 aliphatic rings. The molecule has 0 bridgehead atoms. The molecule has 2 aliphatic carbocycles. The van der Waals surface area contributed by atoms with Gasteiger partial charge >= 0.3 is 0 Å². The van der Waals surface area contributed by atoms with E-state index in [1.807, 2.05) is 0 Å². The molecule has 154 valence electrons. The minimum absolute atomic E-state index is 0.0907. The second-order valence-electron chi connectivity index (χ2n) is 8.70. The number of aryl methyl sites for hydroxylation is 1. The average Bonchev–Trinajstić information content (AvgIpc) is 3.37. The number of aromatic hydroxyl groups is 1. The maximum Gasteiger partial charge on any atom is 0.276 e. The van der Waals surface area contributed by atoms with Crippen LogP contribution in [-0.2, 0) is 12.0 Å². The van der Waals surface area contributed by atoms with Gasteiger partial charge in [0.25, 0.3) is 11.3 Å². The first kappa shape index (κ1) is 19.7. The fourth-order valence-corrected chi connectivity index (χ4v) is 4.95. The van der Waals surface area contributed by atoms with Crippen LogP contribution in [0.2, 0.25) is 0 Å². The largest absolute Gasteiger partial charge is 0.503 e. The van der Waals surface area contributed by atoms with Gasteiger partial charge in [-0.05, 0) is 38.2 Å². The summed E-state index contributed by atoms with van der Waals surface area (Å²) < 4.78 is 1.59. The van der Waals surface area contributed by atoms with Crippen LogP contribution in [0.25, 0.3) is 0 Å². The quantitative estimate of drug-likeness (QED) is 0.812. The Morgan fingerprint density at radius 2 is 1.97 bits per heavy atom. The fourth-order valence-electron chi connectivity index (χ4n) is 4.95. The smallest absolute Gasteiger partial charge is 0.276 e. The third-order valence-corrected chi connectivity index (χ3v) is 6.51. The van der Waals surface area contributed by atoms with Crippen molar-refractivity contribution in [2.24, 2.45) is 0 Å². The fraction of sp³-hybridized carbons (Fsp3) is 0.522. The molecule has 0 aliphatic heterocycles. The topological polar surface area (TPSA) is 84.2 Å². The van der Waals surface area contributed by atoms with Crippen molar-refractivity contribution in [2.45, 2.75) is 76.3 Å². The summed E-state index contributed by atoms with van der Waals surface area (Å²) in [6.45, 7) is 2.62. The number of hydrogen-bond acceptors (Lipinski definition) is 4. The van der Waals surface area contributed by atoms with Gasteiger partial charge in [0.1, 0.15) is 0 Å². The van der Waals surface area contributed by atoms with Crippen LogP contribution < -0.4 is 10.7 Å². The van der Waals surface area contributed by atoms with Gasteiger partial charge in [-0.2, -0.15) is 5.10 Å². The van der Waals surface area contributed by atoms with Crippen molar-refractivity contribution in [2.75, 3.05) is 0 Å². The zero-order chi connectivity index (χ0) is 20.4. The molecular weight excluding hydrogens is 366 g/mol. The van der Waals surface area contributed by atoms with Gasteiger partial charge in [0, 0.05) is 11.5 Å². The average molecular weight is 396 g/mol. The zero-order valence-corrected chi connectivity index (χ0v) is 17.0. The highest BCUT2D eigenvalue weighted by Crippen LogP contribution is 2.42. The molecular formula is C23H29N3O3. The first-order chi connectivity index (χ1) is 14.0. The molecule has 0 spiro atoms. The summed E-state index contributed by atoms with van der Waals surface area (Å²) in [6, 6.07) is 8.60. The van der Waals surface area contributed by atoms with E-state index in [0.29, 0.717) is 6.54 Å². The minimum atomic E-state index is -0.701. The SMILES string of the molecule is Cc1cccc(C2(Cn3cc(O)c(=O)c(C(=O)NC4CCCC4)n3)CCCC2)c1. The van der Waals surface area contributed by atoms with Crippen molar-refractivity contribution in [3.05, 3.63) is 57.5 Å². The molecule has 2 aromatic rings. The summed E-state index contributed by atoms with van der Waals surface area (Å²) in [5.41, 5.74) is 1.45. The standard InChI is InChI=1S/C23H29N3O3/c1-16-7-6-8-17(13-16)23(11-4-5-12-23)15-26-14-19(27)21(28)20(25-26)22(29)24-18-9-2-3-10-18/h6-8,13-14,18,27H,2-5,9-12,15H2,1H3,(H,24,29). The summed E-state index contributed by atoms with van der Waals surface area (Å²) in [5.74, 6) is -0.906. The number of aromatic nitrogens is 2. The van der Waals surface area contributed by atoms with Crippen molar-refractivity contribution in [3.63, 3.8) is 0 Å². The van der Waals surface area contributed by atoms with Gasteiger partial charge in [0.15, 0.2) is 11.4 Å². The number of benzene rings is 1. The minimum Gasteiger partial charge on any atom is -0.503 e. The molecule has 0 radical (unpaired) electrons. The Morgan fingerprint density at radius 3 is 2.66 bits per heavy atom. The molecule has 0 saturated heterocycles. The first-order valence-electron chi connectivity index (χ1n) is 10.7. The van der Waals surface area contributed by atoms with Crippen molar-refractivity contribution in [1.82, 2.24) is 15.1 Å². The number of carbonyl (C=O) groups is 1. The van der Waals surface area contributed by atoms with E-state index in [9.17, 15) is 14.7 Å². The second-order valence-corrected chi connectivity index (χ2v) is 8.70. The predicted molar refractivity (Wildman–Crippen MR) is 111 cm³/mol. The lowest BCUT2D eigenvalue weighted by Crippen LogP contribution is -2.38. The summed E-state index contributed by atoms with van der Waals surface area (Å²) >= 11 is 0. The third kappa shape index (κ3) is 4.07. The van der Waals surface area contributed by atoms with E-state index in [1.54, 1.807) is 4.68 Å². The number of hydrogen-bond donors (Lipinski definition) is 2. The monoisotopic (exact) mass is 395 g/mol. The Morgan fingerprint density at radius 1 is 1.24 bits per heavy atom. The van der Waals surface area contributed by atoms with Gasteiger partial charge in [0.2, 0.25) is 0 Å². The van der Waals surface area contributed by atoms with E-state index in [1.165, 1.54) is 17.3 Å². The predicted octanol–water partition coefficient (Wildman–Crippen LogP) is 3.44. The number of carbonyl (C=O) groups excluding carboxylic acids is 1. The molecule has 29 heavy (non-hydrogen) atoms. The summed E-state index contributed by atoms with van der Waals surface area (Å²) in [4.78, 5) is 25.0. The first-order valence-corrected chi connectivity index (χ1v) is 10.7. The van der Waals surface area contributed by atoms with E-state index in [4.69, 9.17) is 0 Å². The van der Waals surface area contributed by atoms with Gasteiger partial charge in [0.05, 0.1) is 12.7 Å². The molecule has 0 atom stereocenters. The van der Waals surface area contributed by atoms with E-state index < -0.39 is 17.1 Å². The van der Waals surface area contributed by atoms with Gasteiger partial charge in [-0.15, -0.1) is 0 Å². The van der Waals surface area contributed by atoms with E-state index >= 15 is 0 Å². The van der Waals surface area contributed by atoms with Gasteiger partial charge in [-0.1, -0.05) is 55.5 Å². The van der Waals surface area contributed by atoms with E-state index in [2.05, 4.69) is 41.6 Å². The Bertz CT molecular complexity index is 954. The Hall–Kier alpha value is -2.63. The lowest BCUT2D eigenvalue weighted by molar-refractivity contribution is 0.0927. The van der Waals surface area contributed by atoms with Crippen molar-refractivity contribution >= 4 is 5.91 Å². The highest BCUT2D eigenvalue weighted by atomic mass is 16.3. The van der Waals surface area contributed by atoms with E-state index in [-0.39, 0.29) is 17.2 Å². The van der Waals surface area contributed by atoms with Crippen LogP contribution in [0.5, 0.6) is 5.75 Å². The van der Waals surface area contributed by atoms with Crippen molar-refractivity contribution in [3.8, 4) is 5.75 Å². The molecule has 2 fully saturated rings. The molecule has 6 heteroatoms. The highest BCUT2D eigenvalue weighted by Gasteiger charge is 2.36. The molecule has 1 heterocycles. The molecule has 1 amide bonds. The number of nitrogens with zero attached hydrogens (tertiary/aromatic N) is 2. The van der Waals surface area contributed by atoms with Gasteiger partial charge in [-0.3, -0.25) is 14.3 Å². The maximum absolute atomic E-state index is 12.7. The lowest BCUT2D eigenvalue weighted by atomic mass is 9.78. The highest BCUT2D eigenvalue weighted by molar-refractivity contribution is 5.92. The molecule has 1 aromatic heterocycles. The van der Waals surface area contributed by atoms with Crippen LogP contribution in [-0.4, -0.2) is 26.8 Å². The van der Waals surface area contributed by atoms with Crippen LogP contribution in [0.1, 0.15) is 73.0 Å². The van der Waals surface area contributed by atoms with Crippen LogP contribution in [0.15, 0.2) is 35.3 Å². The Kier molecular flexibility index (Phi) is 5.43. The normalized spacial score (nSPS) is 18.8. The number of amides is 1. The lowest BCUT2D eigenvalue weighted by Gasteiger charge is -2.30. The zero-order valence-electron chi connectivity index (χ0n) is 17.0. The molecule has 2 N–H and O–H groups in total. The summed E-state index contributed by atoms with van der Waals surface area (Å²) in [5, 5.41) is 17.5. The van der Waals surface area contributed by atoms with Crippen LogP contribution in [0.3, 0.4) is 0 Å². The number of rotatable bonds is 5. The second kappa shape index (κ2) is 8.01. The molecule has 4 rings (SSSR count). The van der Waals surface area contributed by atoms with Gasteiger partial charge in [-0.25, -0.2) is 0 Å². The maximum atomic E-state index is 12.7. The summed E-state index contributed by atoms with van der Waals surface area (Å²) in [7, 11) is 0. The van der Waals surface area contributed by atoms with E-state index in [0.717, 1.165) is 51.4 Å². The van der Waals surface area contributed by atoms with Crippen LogP contribution in [0.4, 0.5) is 0 Å². The molecule has 6 nitrogen and oxygen atoms in total. The molecule has 1 aromatic carbocycles. The van der Waals surface area contributed by atoms with Crippen molar-refractivity contribution in [1.29, 1.82) is 0 Å². The Balaban J connectivity index is 1.64. The van der Waals surface area contributed by atoms with Crippen LogP contribution >= 0.6 is 0 Å². The van der Waals surface area contributed by atoms with Crippen molar-refractivity contribution < 1.29 is 9.90 Å². The molecule has 2 saturated carbocycles. The third-order valence-electron chi connectivity index (χ3n) is 6.51.